The van der Waals surface area contributed by atoms with Crippen molar-refractivity contribution >= 4 is 17.5 Å². The third-order valence-electron chi connectivity index (χ3n) is 5.11. The zero-order valence-electron chi connectivity index (χ0n) is 19.0. The molecule has 1 heterocycles. The van der Waals surface area contributed by atoms with Crippen LogP contribution in [0.5, 0.6) is 0 Å². The lowest BCUT2D eigenvalue weighted by molar-refractivity contribution is 0.0788. The summed E-state index contributed by atoms with van der Waals surface area (Å²) in [7, 11) is 5.56. The maximum atomic E-state index is 13.4. The molecule has 0 spiro atoms. The van der Waals surface area contributed by atoms with E-state index in [4.69, 9.17) is 5.73 Å². The third kappa shape index (κ3) is 5.43. The number of nitrogens with one attached hydrogen (secondary N) is 1. The minimum absolute atomic E-state index is 0.110. The summed E-state index contributed by atoms with van der Waals surface area (Å²) in [6.45, 7) is 6.30. The number of amides is 1. The van der Waals surface area contributed by atoms with Gasteiger partial charge in [0.05, 0.1) is 17.1 Å². The summed E-state index contributed by atoms with van der Waals surface area (Å²) in [6, 6.07) is 17.7. The van der Waals surface area contributed by atoms with Gasteiger partial charge in [0.2, 0.25) is 5.95 Å². The van der Waals surface area contributed by atoms with Gasteiger partial charge in [0.25, 0.3) is 5.91 Å². The molecule has 0 fully saturated rings. The number of anilines is 2. The van der Waals surface area contributed by atoms with Crippen LogP contribution in [-0.4, -0.2) is 48.5 Å². The van der Waals surface area contributed by atoms with Crippen molar-refractivity contribution in [2.24, 2.45) is 5.73 Å². The summed E-state index contributed by atoms with van der Waals surface area (Å²) < 4.78 is 0. The van der Waals surface area contributed by atoms with Crippen LogP contribution in [0.25, 0.3) is 11.3 Å². The fourth-order valence-corrected chi connectivity index (χ4v) is 3.47. The van der Waals surface area contributed by atoms with E-state index in [-0.39, 0.29) is 11.8 Å². The van der Waals surface area contributed by atoms with E-state index in [1.807, 2.05) is 73.6 Å². The van der Waals surface area contributed by atoms with Gasteiger partial charge in [0.15, 0.2) is 0 Å². The number of carbonyl (C=O) groups excluding carboxylic acids is 1. The Morgan fingerprint density at radius 1 is 1.12 bits per heavy atom. The molecule has 3 rings (SSSR count). The minimum atomic E-state index is -0.120. The van der Waals surface area contributed by atoms with Gasteiger partial charge in [-0.1, -0.05) is 56.0 Å². The standard InChI is InChI=1S/C25H30N6O/c1-17(20-12-9-13-21(14-20)28-18(2)26)16-31(5)24(32)22-15-27-25(30(3)4)29-23(22)19-10-7-6-8-11-19/h6-15,17,28H,2,16,26H2,1,3-5H3. The number of hydrogen-bond acceptors (Lipinski definition) is 6. The molecule has 1 aromatic heterocycles. The van der Waals surface area contributed by atoms with Crippen molar-refractivity contribution < 1.29 is 4.79 Å². The van der Waals surface area contributed by atoms with Crippen LogP contribution in [0.4, 0.5) is 11.6 Å². The number of likely N-dealkylation sites (N-methyl/N-ethyl adjacent to an activating group) is 1. The van der Waals surface area contributed by atoms with Crippen molar-refractivity contribution in [2.45, 2.75) is 12.8 Å². The zero-order valence-corrected chi connectivity index (χ0v) is 19.0. The normalized spacial score (nSPS) is 11.5. The second-order valence-electron chi connectivity index (χ2n) is 8.06. The molecule has 0 aliphatic rings. The predicted molar refractivity (Wildman–Crippen MR) is 131 cm³/mol. The number of carbonyl (C=O) groups is 1. The van der Waals surface area contributed by atoms with E-state index >= 15 is 0 Å². The topological polar surface area (TPSA) is 87.4 Å². The highest BCUT2D eigenvalue weighted by Crippen LogP contribution is 2.25. The predicted octanol–water partition coefficient (Wildman–Crippen LogP) is 3.93. The Hall–Kier alpha value is -3.87. The molecule has 0 aliphatic heterocycles. The van der Waals surface area contributed by atoms with Crippen molar-refractivity contribution in [3.05, 3.63) is 84.3 Å². The average Bonchev–Trinajstić information content (AvgIpc) is 2.78. The van der Waals surface area contributed by atoms with Crippen LogP contribution in [0, 0.1) is 0 Å². The molecule has 0 bridgehead atoms. The van der Waals surface area contributed by atoms with E-state index in [0.29, 0.717) is 29.6 Å². The molecule has 0 saturated carbocycles. The van der Waals surface area contributed by atoms with E-state index in [1.165, 1.54) is 0 Å². The van der Waals surface area contributed by atoms with Gasteiger partial charge < -0.3 is 20.9 Å². The van der Waals surface area contributed by atoms with Crippen LogP contribution in [-0.2, 0) is 0 Å². The summed E-state index contributed by atoms with van der Waals surface area (Å²) >= 11 is 0. The van der Waals surface area contributed by atoms with Crippen LogP contribution in [0.2, 0.25) is 0 Å². The van der Waals surface area contributed by atoms with E-state index in [0.717, 1.165) is 16.8 Å². The first-order chi connectivity index (χ1) is 15.3. The molecule has 0 aliphatic carbocycles. The molecule has 32 heavy (non-hydrogen) atoms. The highest BCUT2D eigenvalue weighted by atomic mass is 16.2. The van der Waals surface area contributed by atoms with Crippen molar-refractivity contribution in [1.82, 2.24) is 14.9 Å². The quantitative estimate of drug-likeness (QED) is 0.563. The van der Waals surface area contributed by atoms with Gasteiger partial charge in [0.1, 0.15) is 0 Å². The first-order valence-corrected chi connectivity index (χ1v) is 10.4. The molecule has 1 atom stereocenters. The van der Waals surface area contributed by atoms with Crippen molar-refractivity contribution in [3.8, 4) is 11.3 Å². The van der Waals surface area contributed by atoms with Crippen molar-refractivity contribution in [1.29, 1.82) is 0 Å². The lowest BCUT2D eigenvalue weighted by atomic mass is 9.99. The smallest absolute Gasteiger partial charge is 0.257 e. The second kappa shape index (κ2) is 9.96. The number of nitrogens with zero attached hydrogens (tertiary/aromatic N) is 4. The zero-order chi connectivity index (χ0) is 23.3. The maximum Gasteiger partial charge on any atom is 0.257 e. The first-order valence-electron chi connectivity index (χ1n) is 10.4. The molecule has 7 nitrogen and oxygen atoms in total. The first kappa shape index (κ1) is 22.8. The Kier molecular flexibility index (Phi) is 7.10. The highest BCUT2D eigenvalue weighted by Gasteiger charge is 2.22. The molecule has 166 valence electrons. The summed E-state index contributed by atoms with van der Waals surface area (Å²) in [4.78, 5) is 26.0. The van der Waals surface area contributed by atoms with Gasteiger partial charge in [-0.05, 0) is 23.6 Å². The number of rotatable bonds is 8. The number of aromatic nitrogens is 2. The maximum absolute atomic E-state index is 13.4. The molecule has 3 aromatic rings. The Balaban J connectivity index is 1.85. The molecule has 1 amide bonds. The van der Waals surface area contributed by atoms with E-state index in [1.54, 1.807) is 18.1 Å². The highest BCUT2D eigenvalue weighted by molar-refractivity contribution is 5.99. The van der Waals surface area contributed by atoms with Crippen LogP contribution in [0.3, 0.4) is 0 Å². The summed E-state index contributed by atoms with van der Waals surface area (Å²) in [5.74, 6) is 0.934. The molecule has 0 saturated heterocycles. The lowest BCUT2D eigenvalue weighted by Crippen LogP contribution is -2.31. The van der Waals surface area contributed by atoms with Gasteiger partial charge in [0, 0.05) is 45.1 Å². The van der Waals surface area contributed by atoms with Crippen LogP contribution >= 0.6 is 0 Å². The fourth-order valence-electron chi connectivity index (χ4n) is 3.47. The van der Waals surface area contributed by atoms with E-state index < -0.39 is 0 Å². The summed E-state index contributed by atoms with van der Waals surface area (Å²) in [5.41, 5.74) is 9.60. The van der Waals surface area contributed by atoms with Crippen molar-refractivity contribution in [2.75, 3.05) is 37.9 Å². The molecule has 0 radical (unpaired) electrons. The van der Waals surface area contributed by atoms with Crippen LogP contribution in [0.15, 0.2) is 73.2 Å². The molecule has 7 heteroatoms. The Morgan fingerprint density at radius 2 is 1.84 bits per heavy atom. The number of hydrogen-bond donors (Lipinski definition) is 2. The fraction of sp³-hybridized carbons (Fsp3) is 0.240. The second-order valence-corrected chi connectivity index (χ2v) is 8.06. The molecule has 1 unspecified atom stereocenters. The monoisotopic (exact) mass is 430 g/mol. The number of benzene rings is 2. The molecular weight excluding hydrogens is 400 g/mol. The van der Waals surface area contributed by atoms with Gasteiger partial charge in [-0.2, -0.15) is 0 Å². The summed E-state index contributed by atoms with van der Waals surface area (Å²) in [5, 5.41) is 3.02. The van der Waals surface area contributed by atoms with Gasteiger partial charge in [-0.15, -0.1) is 0 Å². The number of nitrogens with two attached hydrogens (primary N) is 1. The van der Waals surface area contributed by atoms with E-state index in [2.05, 4.69) is 28.8 Å². The molecule has 3 N–H and O–H groups in total. The van der Waals surface area contributed by atoms with Crippen LogP contribution in [0.1, 0.15) is 28.8 Å². The molecular formula is C25H30N6O. The van der Waals surface area contributed by atoms with Crippen LogP contribution < -0.4 is 16.0 Å². The largest absolute Gasteiger partial charge is 0.386 e. The van der Waals surface area contributed by atoms with E-state index in [9.17, 15) is 4.79 Å². The Morgan fingerprint density at radius 3 is 2.50 bits per heavy atom. The third-order valence-corrected chi connectivity index (χ3v) is 5.11. The Labute approximate surface area is 189 Å². The molecule has 2 aromatic carbocycles. The van der Waals surface area contributed by atoms with Crippen molar-refractivity contribution in [3.63, 3.8) is 0 Å². The lowest BCUT2D eigenvalue weighted by Gasteiger charge is -2.23. The van der Waals surface area contributed by atoms with Gasteiger partial charge in [-0.25, -0.2) is 9.97 Å². The minimum Gasteiger partial charge on any atom is -0.386 e. The van der Waals surface area contributed by atoms with Gasteiger partial charge in [-0.3, -0.25) is 4.79 Å². The summed E-state index contributed by atoms with van der Waals surface area (Å²) in [6.07, 6.45) is 1.62. The van der Waals surface area contributed by atoms with Gasteiger partial charge >= 0.3 is 0 Å². The average molecular weight is 431 g/mol. The Bertz CT molecular complexity index is 1100. The SMILES string of the molecule is C=C(N)Nc1cccc(C(C)CN(C)C(=O)c2cnc(N(C)C)nc2-c2ccccc2)c1.